The third kappa shape index (κ3) is 4.74. The van der Waals surface area contributed by atoms with Gasteiger partial charge in [0.25, 0.3) is 0 Å². The fourth-order valence-electron chi connectivity index (χ4n) is 2.62. The van der Waals surface area contributed by atoms with Crippen LogP contribution in [0.3, 0.4) is 0 Å². The van der Waals surface area contributed by atoms with Crippen molar-refractivity contribution in [2.75, 3.05) is 11.9 Å². The van der Waals surface area contributed by atoms with Crippen LogP contribution in [0.1, 0.15) is 18.2 Å². The van der Waals surface area contributed by atoms with Crippen molar-refractivity contribution in [3.63, 3.8) is 0 Å². The van der Waals surface area contributed by atoms with Gasteiger partial charge in [-0.05, 0) is 41.6 Å². The highest BCUT2D eigenvalue weighted by Gasteiger charge is 2.00. The number of halogens is 1. The van der Waals surface area contributed by atoms with Gasteiger partial charge >= 0.3 is 0 Å². The fraction of sp³-hybridized carbons (Fsp3) is 0.211. The molecule has 0 radical (unpaired) electrons. The first-order valence-electron chi connectivity index (χ1n) is 7.97. The number of fused-ring (bicyclic) bond motifs is 1. The summed E-state index contributed by atoms with van der Waals surface area (Å²) in [5.41, 5.74) is 10.6. The molecule has 4 nitrogen and oxygen atoms in total. The maximum Gasteiger partial charge on any atom is 0.193 e. The zero-order valence-electron chi connectivity index (χ0n) is 13.8. The lowest BCUT2D eigenvalue weighted by molar-refractivity contribution is 0.937. The number of hydrogen-bond donors (Lipinski definition) is 3. The molecule has 0 saturated heterocycles. The Morgan fingerprint density at radius 2 is 1.96 bits per heavy atom. The van der Waals surface area contributed by atoms with Crippen molar-refractivity contribution >= 4 is 46.5 Å². The van der Waals surface area contributed by atoms with Crippen molar-refractivity contribution in [2.24, 2.45) is 10.7 Å². The van der Waals surface area contributed by atoms with E-state index in [0.29, 0.717) is 12.5 Å². The smallest absolute Gasteiger partial charge is 0.193 e. The summed E-state index contributed by atoms with van der Waals surface area (Å²) in [5, 5.41) is 4.38. The molecule has 24 heavy (non-hydrogen) atoms. The summed E-state index contributed by atoms with van der Waals surface area (Å²) in [7, 11) is 0. The number of aliphatic imine (C=N–C) groups is 1. The maximum atomic E-state index is 5.97. The van der Waals surface area contributed by atoms with Gasteiger partial charge in [0.2, 0.25) is 0 Å². The van der Waals surface area contributed by atoms with Crippen molar-refractivity contribution < 1.29 is 0 Å². The molecule has 4 N–H and O–H groups in total. The summed E-state index contributed by atoms with van der Waals surface area (Å²) in [5.74, 6) is 0.453. The molecular weight excluding hydrogens is 411 g/mol. The average molecular weight is 434 g/mol. The third-order valence-electron chi connectivity index (χ3n) is 3.86. The quantitative estimate of drug-likeness (QED) is 0.318. The van der Waals surface area contributed by atoms with Crippen LogP contribution in [0.2, 0.25) is 0 Å². The van der Waals surface area contributed by atoms with E-state index in [1.165, 1.54) is 16.6 Å². The molecule has 0 atom stereocenters. The second-order valence-corrected chi connectivity index (χ2v) is 5.58. The van der Waals surface area contributed by atoms with Crippen LogP contribution in [-0.4, -0.2) is 17.5 Å². The van der Waals surface area contributed by atoms with Gasteiger partial charge in [0.15, 0.2) is 5.96 Å². The molecule has 0 fully saturated rings. The molecule has 3 rings (SSSR count). The molecule has 126 valence electrons. The number of aromatic nitrogens is 1. The molecule has 0 amide bonds. The largest absolute Gasteiger partial charge is 0.370 e. The predicted molar refractivity (Wildman–Crippen MR) is 113 cm³/mol. The molecule has 0 spiro atoms. The number of anilines is 1. The van der Waals surface area contributed by atoms with E-state index in [1.807, 2.05) is 24.3 Å². The number of guanidine groups is 1. The predicted octanol–water partition coefficient (Wildman–Crippen LogP) is 4.32. The van der Waals surface area contributed by atoms with E-state index < -0.39 is 0 Å². The number of nitrogens with zero attached hydrogens (tertiary/aromatic N) is 1. The number of hydrogen-bond acceptors (Lipinski definition) is 1. The molecule has 1 heterocycles. The molecule has 5 heteroatoms. The van der Waals surface area contributed by atoms with E-state index >= 15 is 0 Å². The van der Waals surface area contributed by atoms with Crippen molar-refractivity contribution in [1.82, 2.24) is 4.98 Å². The number of rotatable bonds is 5. The van der Waals surface area contributed by atoms with Gasteiger partial charge in [-0.15, -0.1) is 24.0 Å². The van der Waals surface area contributed by atoms with Crippen LogP contribution in [0.5, 0.6) is 0 Å². The summed E-state index contributed by atoms with van der Waals surface area (Å²) < 4.78 is 0. The number of para-hydroxylation sites is 1. The SMILES string of the molecule is CCc1cccc(NC(N)=NCCc2cc3ccccc3[nH]2)c1.I. The van der Waals surface area contributed by atoms with Gasteiger partial charge in [-0.3, -0.25) is 4.99 Å². The Bertz CT molecular complexity index is 790. The second-order valence-electron chi connectivity index (χ2n) is 5.58. The Balaban J connectivity index is 0.00000208. The van der Waals surface area contributed by atoms with Crippen molar-refractivity contribution in [3.8, 4) is 0 Å². The van der Waals surface area contributed by atoms with Gasteiger partial charge in [0.05, 0.1) is 0 Å². The summed E-state index contributed by atoms with van der Waals surface area (Å²) in [6, 6.07) is 18.7. The standard InChI is InChI=1S/C19H22N4.HI/c1-2-14-6-5-8-16(12-14)23-19(20)21-11-10-17-13-15-7-3-4-9-18(15)22-17;/h3-9,12-13,22H,2,10-11H2,1H3,(H3,20,21,23);1H. The molecule has 3 aromatic rings. The Morgan fingerprint density at radius 1 is 1.12 bits per heavy atom. The Kier molecular flexibility index (Phi) is 6.66. The van der Waals surface area contributed by atoms with Gasteiger partial charge < -0.3 is 16.0 Å². The molecule has 2 aromatic carbocycles. The second kappa shape index (κ2) is 8.73. The third-order valence-corrected chi connectivity index (χ3v) is 3.86. The van der Waals surface area contributed by atoms with Gasteiger partial charge in [-0.2, -0.15) is 0 Å². The number of aryl methyl sites for hydroxylation is 1. The average Bonchev–Trinajstić information content (AvgIpc) is 2.97. The van der Waals surface area contributed by atoms with Crippen LogP contribution < -0.4 is 11.1 Å². The van der Waals surface area contributed by atoms with Crippen LogP contribution in [0.25, 0.3) is 10.9 Å². The zero-order chi connectivity index (χ0) is 16.1. The zero-order valence-corrected chi connectivity index (χ0v) is 16.1. The van der Waals surface area contributed by atoms with Crippen molar-refractivity contribution in [1.29, 1.82) is 0 Å². The van der Waals surface area contributed by atoms with Gasteiger partial charge in [0.1, 0.15) is 0 Å². The van der Waals surface area contributed by atoms with E-state index in [-0.39, 0.29) is 24.0 Å². The Hall–Kier alpha value is -2.02. The first kappa shape index (κ1) is 18.3. The lowest BCUT2D eigenvalue weighted by Crippen LogP contribution is -2.23. The highest BCUT2D eigenvalue weighted by atomic mass is 127. The molecule has 0 bridgehead atoms. The molecule has 0 aliphatic carbocycles. The minimum atomic E-state index is 0. The van der Waals surface area contributed by atoms with Crippen LogP contribution in [0.4, 0.5) is 5.69 Å². The van der Waals surface area contributed by atoms with E-state index in [9.17, 15) is 0 Å². The van der Waals surface area contributed by atoms with E-state index in [1.54, 1.807) is 0 Å². The molecule has 0 saturated carbocycles. The van der Waals surface area contributed by atoms with Crippen molar-refractivity contribution in [2.45, 2.75) is 19.8 Å². The summed E-state index contributed by atoms with van der Waals surface area (Å²) in [6.07, 6.45) is 1.85. The van der Waals surface area contributed by atoms with Crippen LogP contribution in [0, 0.1) is 0 Å². The maximum absolute atomic E-state index is 5.97. The molecule has 0 aliphatic rings. The molecule has 0 unspecified atom stereocenters. The van der Waals surface area contributed by atoms with E-state index in [2.05, 4.69) is 52.5 Å². The molecule has 0 aliphatic heterocycles. The monoisotopic (exact) mass is 434 g/mol. The molecule has 1 aromatic heterocycles. The lowest BCUT2D eigenvalue weighted by atomic mass is 10.1. The van der Waals surface area contributed by atoms with Crippen LogP contribution >= 0.6 is 24.0 Å². The van der Waals surface area contributed by atoms with Gasteiger partial charge in [-0.25, -0.2) is 0 Å². The molecular formula is C19H23IN4. The Morgan fingerprint density at radius 3 is 2.75 bits per heavy atom. The number of nitrogens with one attached hydrogen (secondary N) is 2. The highest BCUT2D eigenvalue weighted by Crippen LogP contribution is 2.15. The van der Waals surface area contributed by atoms with Crippen LogP contribution in [0.15, 0.2) is 59.6 Å². The first-order chi connectivity index (χ1) is 11.2. The highest BCUT2D eigenvalue weighted by molar-refractivity contribution is 14.0. The van der Waals surface area contributed by atoms with Crippen LogP contribution in [-0.2, 0) is 12.8 Å². The number of aromatic amines is 1. The van der Waals surface area contributed by atoms with E-state index in [0.717, 1.165) is 24.0 Å². The minimum Gasteiger partial charge on any atom is -0.370 e. The summed E-state index contributed by atoms with van der Waals surface area (Å²) in [6.45, 7) is 2.79. The van der Waals surface area contributed by atoms with Gasteiger partial charge in [0, 0.05) is 29.9 Å². The fourth-order valence-corrected chi connectivity index (χ4v) is 2.62. The topological polar surface area (TPSA) is 66.2 Å². The first-order valence-corrected chi connectivity index (χ1v) is 7.97. The Labute approximate surface area is 159 Å². The number of H-pyrrole nitrogens is 1. The normalized spacial score (nSPS) is 11.3. The summed E-state index contributed by atoms with van der Waals surface area (Å²) >= 11 is 0. The number of benzene rings is 2. The summed E-state index contributed by atoms with van der Waals surface area (Å²) in [4.78, 5) is 7.81. The minimum absolute atomic E-state index is 0. The van der Waals surface area contributed by atoms with Crippen molar-refractivity contribution in [3.05, 3.63) is 65.9 Å². The lowest BCUT2D eigenvalue weighted by Gasteiger charge is -2.07. The number of nitrogens with two attached hydrogens (primary N) is 1. The van der Waals surface area contributed by atoms with E-state index in [4.69, 9.17) is 5.73 Å². The van der Waals surface area contributed by atoms with Gasteiger partial charge in [-0.1, -0.05) is 37.3 Å².